The average molecular weight is 435 g/mol. The molecule has 0 radical (unpaired) electrons. The Morgan fingerprint density at radius 3 is 2.27 bits per heavy atom. The minimum Gasteiger partial charge on any atom is -0.497 e. The highest BCUT2D eigenvalue weighted by atomic mass is 32.2. The molecular weight excluding hydrogens is 400 g/mol. The van der Waals surface area contributed by atoms with E-state index in [1.165, 1.54) is 5.56 Å². The molecule has 2 aromatic rings. The van der Waals surface area contributed by atoms with Gasteiger partial charge >= 0.3 is 0 Å². The second kappa shape index (κ2) is 8.32. The Balaban J connectivity index is 1.77. The van der Waals surface area contributed by atoms with Gasteiger partial charge in [0.05, 0.1) is 24.0 Å². The lowest BCUT2D eigenvalue weighted by molar-refractivity contribution is 0.145. The van der Waals surface area contributed by atoms with E-state index >= 15 is 0 Å². The molecule has 1 aliphatic heterocycles. The van der Waals surface area contributed by atoms with Crippen LogP contribution in [0.5, 0.6) is 5.75 Å². The number of rotatable bonds is 5. The van der Waals surface area contributed by atoms with E-state index in [4.69, 9.17) is 4.74 Å². The molecule has 0 amide bonds. The van der Waals surface area contributed by atoms with E-state index in [2.05, 4.69) is 23.0 Å². The van der Waals surface area contributed by atoms with Gasteiger partial charge in [-0.15, -0.1) is 0 Å². The monoisotopic (exact) mass is 434 g/mol. The van der Waals surface area contributed by atoms with Crippen LogP contribution in [-0.2, 0) is 15.6 Å². The number of hydrogen-bond donors (Lipinski definition) is 0. The Kier molecular flexibility index (Phi) is 6.32. The van der Waals surface area contributed by atoms with Crippen LogP contribution >= 0.6 is 0 Å². The standard InChI is InChI=1S/C22H34N4O3S/c1-16-21(18(3)26(23-16)22(4,5)6)30(27,28)25-13-11-24(12-14-25)17(2)19-9-8-10-20(15-19)29-7/h8-10,15,17H,11-14H2,1-7H3. The highest BCUT2D eigenvalue weighted by Gasteiger charge is 2.35. The van der Waals surface area contributed by atoms with Crippen molar-refractivity contribution in [1.82, 2.24) is 19.0 Å². The number of methoxy groups -OCH3 is 1. The Bertz CT molecular complexity index is 1000. The quantitative estimate of drug-likeness (QED) is 0.722. The van der Waals surface area contributed by atoms with E-state index in [0.29, 0.717) is 42.5 Å². The van der Waals surface area contributed by atoms with Gasteiger partial charge in [0, 0.05) is 32.2 Å². The molecule has 2 heterocycles. The summed E-state index contributed by atoms with van der Waals surface area (Å²) in [6.45, 7) is 14.2. The third-order valence-electron chi connectivity index (χ3n) is 5.86. The number of aryl methyl sites for hydroxylation is 1. The van der Waals surface area contributed by atoms with Crippen LogP contribution in [0.1, 0.15) is 50.7 Å². The minimum atomic E-state index is -3.58. The van der Waals surface area contributed by atoms with E-state index in [1.807, 2.05) is 50.6 Å². The molecule has 166 valence electrons. The van der Waals surface area contributed by atoms with E-state index < -0.39 is 10.0 Å². The smallest absolute Gasteiger partial charge is 0.246 e. The van der Waals surface area contributed by atoms with Gasteiger partial charge in [0.25, 0.3) is 0 Å². The van der Waals surface area contributed by atoms with E-state index in [1.54, 1.807) is 18.3 Å². The summed E-state index contributed by atoms with van der Waals surface area (Å²) in [6.07, 6.45) is 0. The van der Waals surface area contributed by atoms with Gasteiger partial charge in [-0.25, -0.2) is 8.42 Å². The summed E-state index contributed by atoms with van der Waals surface area (Å²) in [5, 5.41) is 4.53. The van der Waals surface area contributed by atoms with Crippen molar-refractivity contribution in [2.24, 2.45) is 0 Å². The van der Waals surface area contributed by atoms with Crippen LogP contribution in [0.3, 0.4) is 0 Å². The Morgan fingerprint density at radius 2 is 1.73 bits per heavy atom. The molecule has 3 rings (SSSR count). The van der Waals surface area contributed by atoms with Crippen LogP contribution in [0.25, 0.3) is 0 Å². The minimum absolute atomic E-state index is 0.192. The molecule has 8 heteroatoms. The molecule has 7 nitrogen and oxygen atoms in total. The number of ether oxygens (including phenoxy) is 1. The first-order chi connectivity index (χ1) is 14.0. The van der Waals surface area contributed by atoms with Gasteiger partial charge < -0.3 is 4.74 Å². The highest BCUT2D eigenvalue weighted by molar-refractivity contribution is 7.89. The number of benzene rings is 1. The Morgan fingerprint density at radius 1 is 1.10 bits per heavy atom. The van der Waals surface area contributed by atoms with Crippen molar-refractivity contribution < 1.29 is 13.2 Å². The molecule has 1 aromatic carbocycles. The summed E-state index contributed by atoms with van der Waals surface area (Å²) in [5.74, 6) is 0.836. The largest absolute Gasteiger partial charge is 0.497 e. The van der Waals surface area contributed by atoms with Crippen LogP contribution in [0.2, 0.25) is 0 Å². The van der Waals surface area contributed by atoms with Gasteiger partial charge in [0.1, 0.15) is 10.6 Å². The molecule has 1 aliphatic rings. The molecule has 0 bridgehead atoms. The molecule has 1 unspecified atom stereocenters. The number of aromatic nitrogens is 2. The van der Waals surface area contributed by atoms with Gasteiger partial charge in [-0.3, -0.25) is 9.58 Å². The number of sulfonamides is 1. The first-order valence-corrected chi connectivity index (χ1v) is 11.9. The number of hydrogen-bond acceptors (Lipinski definition) is 5. The molecule has 1 saturated heterocycles. The van der Waals surface area contributed by atoms with Crippen LogP contribution < -0.4 is 4.74 Å². The third-order valence-corrected chi connectivity index (χ3v) is 8.01. The maximum absolute atomic E-state index is 13.4. The zero-order valence-electron chi connectivity index (χ0n) is 19.1. The van der Waals surface area contributed by atoms with E-state index in [-0.39, 0.29) is 11.6 Å². The summed E-state index contributed by atoms with van der Waals surface area (Å²) in [4.78, 5) is 2.67. The molecular formula is C22H34N4O3S. The maximum Gasteiger partial charge on any atom is 0.246 e. The first-order valence-electron chi connectivity index (χ1n) is 10.4. The van der Waals surface area contributed by atoms with Gasteiger partial charge in [-0.1, -0.05) is 12.1 Å². The second-order valence-corrected chi connectivity index (χ2v) is 10.8. The van der Waals surface area contributed by atoms with Crippen molar-refractivity contribution >= 4 is 10.0 Å². The Hall–Kier alpha value is -1.90. The molecule has 0 saturated carbocycles. The SMILES string of the molecule is COc1cccc(C(C)N2CCN(S(=O)(=O)c3c(C)nn(C(C)(C)C)c3C)CC2)c1. The molecule has 0 aliphatic carbocycles. The zero-order valence-corrected chi connectivity index (χ0v) is 20.0. The van der Waals surface area contributed by atoms with Crippen molar-refractivity contribution in [2.75, 3.05) is 33.3 Å². The fraction of sp³-hybridized carbons (Fsp3) is 0.591. The number of piperazine rings is 1. The van der Waals surface area contributed by atoms with Crippen LogP contribution in [0, 0.1) is 13.8 Å². The second-order valence-electron chi connectivity index (χ2n) is 8.98. The lowest BCUT2D eigenvalue weighted by Crippen LogP contribution is -2.49. The van der Waals surface area contributed by atoms with E-state index in [0.717, 1.165) is 5.75 Å². The fourth-order valence-corrected chi connectivity index (χ4v) is 6.00. The van der Waals surface area contributed by atoms with Crippen LogP contribution in [-0.4, -0.2) is 60.7 Å². The number of nitrogens with zero attached hydrogens (tertiary/aromatic N) is 4. The molecule has 1 fully saturated rings. The fourth-order valence-electron chi connectivity index (χ4n) is 4.23. The maximum atomic E-state index is 13.4. The molecule has 30 heavy (non-hydrogen) atoms. The van der Waals surface area contributed by atoms with Crippen molar-refractivity contribution in [3.05, 3.63) is 41.2 Å². The normalized spacial score (nSPS) is 17.8. The van der Waals surface area contributed by atoms with Gasteiger partial charge in [0.15, 0.2) is 0 Å². The third kappa shape index (κ3) is 4.26. The summed E-state index contributed by atoms with van der Waals surface area (Å²) in [5.41, 5.74) is 2.17. The topological polar surface area (TPSA) is 67.7 Å². The first kappa shape index (κ1) is 22.8. The van der Waals surface area contributed by atoms with Crippen molar-refractivity contribution in [3.8, 4) is 5.75 Å². The highest BCUT2D eigenvalue weighted by Crippen LogP contribution is 2.30. The molecule has 1 aromatic heterocycles. The summed E-state index contributed by atoms with van der Waals surface area (Å²) < 4.78 is 35.6. The van der Waals surface area contributed by atoms with Crippen molar-refractivity contribution in [2.45, 2.75) is 58.0 Å². The zero-order chi connectivity index (χ0) is 22.3. The molecule has 1 atom stereocenters. The summed E-state index contributed by atoms with van der Waals surface area (Å²) >= 11 is 0. The van der Waals surface area contributed by atoms with Crippen molar-refractivity contribution in [1.29, 1.82) is 0 Å². The Labute approximate surface area is 180 Å². The summed E-state index contributed by atoms with van der Waals surface area (Å²) in [7, 11) is -1.92. The predicted molar refractivity (Wildman–Crippen MR) is 118 cm³/mol. The van der Waals surface area contributed by atoms with Gasteiger partial charge in [0.2, 0.25) is 10.0 Å². The van der Waals surface area contributed by atoms with Gasteiger partial charge in [-0.05, 0) is 59.2 Å². The van der Waals surface area contributed by atoms with Crippen LogP contribution in [0.15, 0.2) is 29.2 Å². The molecule has 0 N–H and O–H groups in total. The lowest BCUT2D eigenvalue weighted by atomic mass is 10.1. The van der Waals surface area contributed by atoms with Gasteiger partial charge in [-0.2, -0.15) is 9.40 Å². The van der Waals surface area contributed by atoms with Crippen LogP contribution in [0.4, 0.5) is 0 Å². The van der Waals surface area contributed by atoms with Crippen molar-refractivity contribution in [3.63, 3.8) is 0 Å². The summed E-state index contributed by atoms with van der Waals surface area (Å²) in [6, 6.07) is 8.25. The predicted octanol–water partition coefficient (Wildman–Crippen LogP) is 3.33. The molecule has 0 spiro atoms. The lowest BCUT2D eigenvalue weighted by Gasteiger charge is -2.37. The average Bonchev–Trinajstić information content (AvgIpc) is 3.02. The van der Waals surface area contributed by atoms with E-state index in [9.17, 15) is 8.42 Å².